The molecule has 2 aromatic heterocycles. The summed E-state index contributed by atoms with van der Waals surface area (Å²) in [5, 5.41) is 0.905. The van der Waals surface area contributed by atoms with Gasteiger partial charge in [0.25, 0.3) is 0 Å². The van der Waals surface area contributed by atoms with E-state index in [0.29, 0.717) is 6.54 Å². The fourth-order valence-electron chi connectivity index (χ4n) is 3.54. The van der Waals surface area contributed by atoms with Crippen LogP contribution in [-0.4, -0.2) is 9.55 Å². The molecule has 0 atom stereocenters. The second-order valence-corrected chi connectivity index (χ2v) is 7.74. The Labute approximate surface area is 157 Å². The summed E-state index contributed by atoms with van der Waals surface area (Å²) >= 11 is 1.68. The summed E-state index contributed by atoms with van der Waals surface area (Å²) in [6.45, 7) is 2.56. The predicted molar refractivity (Wildman–Crippen MR) is 104 cm³/mol. The van der Waals surface area contributed by atoms with E-state index in [1.165, 1.54) is 16.7 Å². The van der Waals surface area contributed by atoms with E-state index in [1.807, 2.05) is 12.1 Å². The normalized spacial score (nSPS) is 13.6. The summed E-state index contributed by atoms with van der Waals surface area (Å²) in [5.74, 6) is 1.63. The first-order valence-electron chi connectivity index (χ1n) is 9.04. The van der Waals surface area contributed by atoms with Crippen molar-refractivity contribution in [1.29, 1.82) is 0 Å². The molecule has 0 spiro atoms. The number of benzene rings is 1. The fourth-order valence-corrected chi connectivity index (χ4v) is 4.56. The summed E-state index contributed by atoms with van der Waals surface area (Å²) < 4.78 is 7.23. The summed E-state index contributed by atoms with van der Waals surface area (Å²) in [5.41, 5.74) is 4.74. The zero-order valence-corrected chi connectivity index (χ0v) is 15.7. The molecule has 2 heterocycles. The van der Waals surface area contributed by atoms with Crippen LogP contribution in [0, 0.1) is 6.92 Å². The molecule has 0 N–H and O–H groups in total. The number of hydrogen-bond acceptors (Lipinski definition) is 4. The first-order valence-corrected chi connectivity index (χ1v) is 10.0. The molecule has 0 saturated carbocycles. The molecule has 1 aromatic carbocycles. The van der Waals surface area contributed by atoms with Gasteiger partial charge in [-0.1, -0.05) is 29.8 Å². The third-order valence-electron chi connectivity index (χ3n) is 4.80. The maximum absolute atomic E-state index is 12.7. The first kappa shape index (κ1) is 17.2. The lowest BCUT2D eigenvalue weighted by atomic mass is 9.97. The number of fused-ring (bicyclic) bond motifs is 1. The van der Waals surface area contributed by atoms with Crippen LogP contribution < -0.4 is 5.69 Å². The fraction of sp³-hybridized carbons (Fsp3) is 0.333. The Kier molecular flexibility index (Phi) is 4.98. The molecule has 0 bridgehead atoms. The van der Waals surface area contributed by atoms with Gasteiger partial charge >= 0.3 is 5.69 Å². The molecule has 5 heteroatoms. The van der Waals surface area contributed by atoms with Crippen LogP contribution in [-0.2, 0) is 25.1 Å². The molecule has 0 radical (unpaired) electrons. The molecule has 0 unspecified atom stereocenters. The van der Waals surface area contributed by atoms with Crippen LogP contribution in [0.25, 0.3) is 0 Å². The maximum Gasteiger partial charge on any atom is 0.349 e. The highest BCUT2D eigenvalue weighted by molar-refractivity contribution is 7.98. The Morgan fingerprint density at radius 2 is 2.08 bits per heavy atom. The number of furan rings is 1. The van der Waals surface area contributed by atoms with Gasteiger partial charge < -0.3 is 4.42 Å². The smallest absolute Gasteiger partial charge is 0.349 e. The highest BCUT2D eigenvalue weighted by Gasteiger charge is 2.21. The molecule has 134 valence electrons. The van der Waals surface area contributed by atoms with Gasteiger partial charge in [0, 0.05) is 17.0 Å². The van der Waals surface area contributed by atoms with Gasteiger partial charge in [0.1, 0.15) is 10.8 Å². The van der Waals surface area contributed by atoms with Gasteiger partial charge in [0.2, 0.25) is 0 Å². The van der Waals surface area contributed by atoms with Crippen molar-refractivity contribution in [2.75, 3.05) is 0 Å². The third-order valence-corrected chi connectivity index (χ3v) is 5.89. The molecular formula is C21H22N2O2S. The van der Waals surface area contributed by atoms with E-state index in [9.17, 15) is 4.79 Å². The van der Waals surface area contributed by atoms with Crippen LogP contribution in [0.5, 0.6) is 0 Å². The quantitative estimate of drug-likeness (QED) is 0.497. The first-order chi connectivity index (χ1) is 12.7. The Morgan fingerprint density at radius 1 is 1.19 bits per heavy atom. The molecule has 26 heavy (non-hydrogen) atoms. The second kappa shape index (κ2) is 7.54. The zero-order chi connectivity index (χ0) is 17.9. The summed E-state index contributed by atoms with van der Waals surface area (Å²) in [6.07, 6.45) is 5.86. The molecule has 4 rings (SSSR count). The highest BCUT2D eigenvalue weighted by atomic mass is 32.2. The van der Waals surface area contributed by atoms with Gasteiger partial charge in [-0.3, -0.25) is 4.57 Å². The van der Waals surface area contributed by atoms with Gasteiger partial charge in [-0.2, -0.15) is 4.98 Å². The van der Waals surface area contributed by atoms with Crippen molar-refractivity contribution < 1.29 is 4.42 Å². The number of nitrogens with zero attached hydrogens (tertiary/aromatic N) is 2. The monoisotopic (exact) mass is 366 g/mol. The molecule has 0 aliphatic heterocycles. The van der Waals surface area contributed by atoms with Gasteiger partial charge in [0.05, 0.1) is 12.8 Å². The van der Waals surface area contributed by atoms with Crippen molar-refractivity contribution in [2.45, 2.75) is 49.9 Å². The number of hydrogen-bond donors (Lipinski definition) is 0. The van der Waals surface area contributed by atoms with Crippen LogP contribution >= 0.6 is 11.8 Å². The van der Waals surface area contributed by atoms with Gasteiger partial charge in [-0.15, -0.1) is 11.8 Å². The lowest BCUT2D eigenvalue weighted by molar-refractivity contribution is 0.471. The van der Waals surface area contributed by atoms with Crippen LogP contribution in [0.15, 0.2) is 56.9 Å². The Hall–Kier alpha value is -2.27. The SMILES string of the molecule is Cc1cccc(CSc2nc(=O)n(Cc3ccco3)c3c2CCCC3)c1. The van der Waals surface area contributed by atoms with Gasteiger partial charge in [0.15, 0.2) is 0 Å². The van der Waals surface area contributed by atoms with Gasteiger partial charge in [-0.05, 0) is 50.3 Å². The molecule has 1 aliphatic carbocycles. The molecular weight excluding hydrogens is 344 g/mol. The van der Waals surface area contributed by atoms with Crippen LogP contribution in [0.2, 0.25) is 0 Å². The van der Waals surface area contributed by atoms with E-state index in [1.54, 1.807) is 22.6 Å². The molecule has 1 aliphatic rings. The standard InChI is InChI=1S/C21H22N2O2S/c1-15-6-4-7-16(12-15)14-26-20-18-9-2-3-10-19(18)23(21(24)22-20)13-17-8-5-11-25-17/h4-8,11-12H,2-3,9-10,13-14H2,1H3. The zero-order valence-electron chi connectivity index (χ0n) is 14.9. The van der Waals surface area contributed by atoms with E-state index >= 15 is 0 Å². The number of thioether (sulfide) groups is 1. The van der Waals surface area contributed by atoms with Crippen molar-refractivity contribution in [3.63, 3.8) is 0 Å². The van der Waals surface area contributed by atoms with Crippen molar-refractivity contribution in [1.82, 2.24) is 9.55 Å². The maximum atomic E-state index is 12.7. The molecule has 3 aromatic rings. The summed E-state index contributed by atoms with van der Waals surface area (Å²) in [4.78, 5) is 17.1. The molecule has 4 nitrogen and oxygen atoms in total. The third kappa shape index (κ3) is 3.63. The minimum absolute atomic E-state index is 0.172. The molecule has 0 saturated heterocycles. The minimum atomic E-state index is -0.172. The summed E-state index contributed by atoms with van der Waals surface area (Å²) in [7, 11) is 0. The average Bonchev–Trinajstić information content (AvgIpc) is 3.16. The number of rotatable bonds is 5. The van der Waals surface area contributed by atoms with Crippen molar-refractivity contribution in [3.05, 3.63) is 81.3 Å². The van der Waals surface area contributed by atoms with Crippen LogP contribution in [0.3, 0.4) is 0 Å². The topological polar surface area (TPSA) is 48.0 Å². The summed E-state index contributed by atoms with van der Waals surface area (Å²) in [6, 6.07) is 12.3. The van der Waals surface area contributed by atoms with Gasteiger partial charge in [-0.25, -0.2) is 4.79 Å². The van der Waals surface area contributed by atoms with E-state index in [-0.39, 0.29) is 5.69 Å². The lowest BCUT2D eigenvalue weighted by Gasteiger charge is -2.22. The van der Waals surface area contributed by atoms with Crippen LogP contribution in [0.4, 0.5) is 0 Å². The minimum Gasteiger partial charge on any atom is -0.467 e. The van der Waals surface area contributed by atoms with Crippen molar-refractivity contribution >= 4 is 11.8 Å². The van der Waals surface area contributed by atoms with E-state index < -0.39 is 0 Å². The predicted octanol–water partition coefficient (Wildman–Crippen LogP) is 4.36. The van der Waals surface area contributed by atoms with E-state index in [2.05, 4.69) is 36.2 Å². The van der Waals surface area contributed by atoms with E-state index in [4.69, 9.17) is 4.42 Å². The number of aryl methyl sites for hydroxylation is 1. The highest BCUT2D eigenvalue weighted by Crippen LogP contribution is 2.30. The average molecular weight is 366 g/mol. The van der Waals surface area contributed by atoms with E-state index in [0.717, 1.165) is 47.9 Å². The largest absolute Gasteiger partial charge is 0.467 e. The Balaban J connectivity index is 1.65. The van der Waals surface area contributed by atoms with Crippen molar-refractivity contribution in [3.8, 4) is 0 Å². The van der Waals surface area contributed by atoms with Crippen LogP contribution in [0.1, 0.15) is 41.0 Å². The molecule has 0 fully saturated rings. The Morgan fingerprint density at radius 3 is 2.88 bits per heavy atom. The second-order valence-electron chi connectivity index (χ2n) is 6.78. The lowest BCUT2D eigenvalue weighted by Crippen LogP contribution is -2.30. The molecule has 0 amide bonds. The Bertz CT molecular complexity index is 961. The number of aromatic nitrogens is 2. The van der Waals surface area contributed by atoms with Crippen molar-refractivity contribution in [2.24, 2.45) is 0 Å².